The lowest BCUT2D eigenvalue weighted by Gasteiger charge is -2.30. The minimum absolute atomic E-state index is 0.158. The first kappa shape index (κ1) is 13.9. The minimum Gasteiger partial charge on any atom is -0.480 e. The summed E-state index contributed by atoms with van der Waals surface area (Å²) in [5.74, 6) is -0.899. The molecule has 21 heavy (non-hydrogen) atoms. The molecule has 2 amide bonds. The van der Waals surface area contributed by atoms with Gasteiger partial charge in [-0.2, -0.15) is 0 Å². The summed E-state index contributed by atoms with van der Waals surface area (Å²) in [4.78, 5) is 27.4. The van der Waals surface area contributed by atoms with Gasteiger partial charge < -0.3 is 10.0 Å². The Morgan fingerprint density at radius 2 is 1.90 bits per heavy atom. The lowest BCUT2D eigenvalue weighted by molar-refractivity contribution is -0.141. The molecule has 0 aromatic heterocycles. The smallest absolute Gasteiger partial charge is 0.326 e. The Morgan fingerprint density at radius 3 is 2.71 bits per heavy atom. The van der Waals surface area contributed by atoms with Gasteiger partial charge in [-0.15, -0.1) is 0 Å². The molecule has 3 rings (SSSR count). The topological polar surface area (TPSA) is 60.9 Å². The predicted molar refractivity (Wildman–Crippen MR) is 79.5 cm³/mol. The summed E-state index contributed by atoms with van der Waals surface area (Å²) < 4.78 is 0. The van der Waals surface area contributed by atoms with Crippen molar-refractivity contribution in [3.8, 4) is 0 Å². The Morgan fingerprint density at radius 1 is 1.10 bits per heavy atom. The molecule has 1 fully saturated rings. The highest BCUT2D eigenvalue weighted by Gasteiger charge is 2.37. The summed E-state index contributed by atoms with van der Waals surface area (Å²) in [6.07, 6.45) is 4.30. The summed E-state index contributed by atoms with van der Waals surface area (Å²) in [6, 6.07) is 7.11. The summed E-state index contributed by atoms with van der Waals surface area (Å²) in [6.45, 7) is 1.20. The summed E-state index contributed by atoms with van der Waals surface area (Å²) in [5.41, 5.74) is 2.12. The fourth-order valence-corrected chi connectivity index (χ4v) is 3.30. The standard InChI is InChI=1S/C16H20N2O3/c19-15(20)14-9-5-11-18(14)16(21)17-10-4-3-7-12-6-1-2-8-13(12)17/h1-2,6,8,14H,3-5,7,9-11H2,(H,19,20). The molecule has 5 heteroatoms. The van der Waals surface area contributed by atoms with E-state index in [0.717, 1.165) is 31.4 Å². The van der Waals surface area contributed by atoms with Crippen LogP contribution in [0.25, 0.3) is 0 Å². The van der Waals surface area contributed by atoms with Crippen LogP contribution >= 0.6 is 0 Å². The number of likely N-dealkylation sites (tertiary alicyclic amines) is 1. The fourth-order valence-electron chi connectivity index (χ4n) is 3.30. The van der Waals surface area contributed by atoms with Crippen LogP contribution < -0.4 is 4.90 Å². The number of benzene rings is 1. The molecule has 0 radical (unpaired) electrons. The Labute approximate surface area is 124 Å². The quantitative estimate of drug-likeness (QED) is 0.863. The van der Waals surface area contributed by atoms with Gasteiger partial charge >= 0.3 is 12.0 Å². The average molecular weight is 288 g/mol. The molecule has 2 heterocycles. The number of aryl methyl sites for hydroxylation is 1. The summed E-state index contributed by atoms with van der Waals surface area (Å²) in [7, 11) is 0. The molecular formula is C16H20N2O3. The normalized spacial score (nSPS) is 21.8. The maximum atomic E-state index is 12.8. The van der Waals surface area contributed by atoms with Crippen molar-refractivity contribution in [2.24, 2.45) is 0 Å². The number of fused-ring (bicyclic) bond motifs is 1. The number of nitrogens with zero attached hydrogens (tertiary/aromatic N) is 2. The van der Waals surface area contributed by atoms with Gasteiger partial charge in [-0.3, -0.25) is 4.90 Å². The van der Waals surface area contributed by atoms with Crippen LogP contribution in [0, 0.1) is 0 Å². The Balaban J connectivity index is 1.89. The molecule has 0 saturated carbocycles. The molecule has 1 unspecified atom stereocenters. The van der Waals surface area contributed by atoms with Gasteiger partial charge in [0.15, 0.2) is 0 Å². The van der Waals surface area contributed by atoms with Gasteiger partial charge in [-0.25, -0.2) is 9.59 Å². The van der Waals surface area contributed by atoms with Crippen LogP contribution in [-0.2, 0) is 11.2 Å². The molecular weight excluding hydrogens is 268 g/mol. The van der Waals surface area contributed by atoms with Crippen LogP contribution in [0.2, 0.25) is 0 Å². The molecule has 0 bridgehead atoms. The Kier molecular flexibility index (Phi) is 3.82. The van der Waals surface area contributed by atoms with Crippen molar-refractivity contribution in [1.29, 1.82) is 0 Å². The first-order chi connectivity index (χ1) is 10.2. The number of carboxylic acid groups (broad SMARTS) is 1. The highest BCUT2D eigenvalue weighted by Crippen LogP contribution is 2.29. The number of urea groups is 1. The van der Waals surface area contributed by atoms with Crippen molar-refractivity contribution in [3.63, 3.8) is 0 Å². The number of hydrogen-bond acceptors (Lipinski definition) is 2. The van der Waals surface area contributed by atoms with Crippen molar-refractivity contribution in [2.75, 3.05) is 18.0 Å². The van der Waals surface area contributed by atoms with Gasteiger partial charge in [-0.05, 0) is 43.7 Å². The Hall–Kier alpha value is -2.04. The van der Waals surface area contributed by atoms with Crippen LogP contribution in [0.5, 0.6) is 0 Å². The van der Waals surface area contributed by atoms with Crippen molar-refractivity contribution < 1.29 is 14.7 Å². The maximum Gasteiger partial charge on any atom is 0.326 e. The second-order valence-electron chi connectivity index (χ2n) is 5.71. The number of anilines is 1. The van der Waals surface area contributed by atoms with Crippen LogP contribution in [0.1, 0.15) is 31.2 Å². The molecule has 1 N–H and O–H groups in total. The monoisotopic (exact) mass is 288 g/mol. The van der Waals surface area contributed by atoms with E-state index in [-0.39, 0.29) is 6.03 Å². The first-order valence-electron chi connectivity index (χ1n) is 7.57. The van der Waals surface area contributed by atoms with Crippen molar-refractivity contribution >= 4 is 17.7 Å². The molecule has 1 saturated heterocycles. The first-order valence-corrected chi connectivity index (χ1v) is 7.57. The van der Waals surface area contributed by atoms with E-state index in [1.807, 2.05) is 18.2 Å². The maximum absolute atomic E-state index is 12.8. The third-order valence-electron chi connectivity index (χ3n) is 4.37. The van der Waals surface area contributed by atoms with Gasteiger partial charge in [-0.1, -0.05) is 18.2 Å². The summed E-state index contributed by atoms with van der Waals surface area (Å²) in [5, 5.41) is 9.27. The zero-order valence-electron chi connectivity index (χ0n) is 12.0. The molecule has 0 aliphatic carbocycles. The highest BCUT2D eigenvalue weighted by atomic mass is 16.4. The van der Waals surface area contributed by atoms with Gasteiger partial charge in [0.1, 0.15) is 6.04 Å². The predicted octanol–water partition coefficient (Wildman–Crippen LogP) is 2.50. The van der Waals surface area contributed by atoms with E-state index in [9.17, 15) is 14.7 Å². The van der Waals surface area contributed by atoms with Gasteiger partial charge in [0.2, 0.25) is 0 Å². The molecule has 2 aliphatic heterocycles. The number of para-hydroxylation sites is 1. The molecule has 2 aliphatic rings. The van der Waals surface area contributed by atoms with E-state index in [4.69, 9.17) is 0 Å². The fraction of sp³-hybridized carbons (Fsp3) is 0.500. The van der Waals surface area contributed by atoms with E-state index in [0.29, 0.717) is 19.5 Å². The number of aliphatic carboxylic acids is 1. The zero-order chi connectivity index (χ0) is 14.8. The van der Waals surface area contributed by atoms with Crippen LogP contribution in [0.3, 0.4) is 0 Å². The van der Waals surface area contributed by atoms with Gasteiger partial charge in [0, 0.05) is 18.8 Å². The number of amides is 2. The van der Waals surface area contributed by atoms with Crippen LogP contribution in [0.15, 0.2) is 24.3 Å². The summed E-state index contributed by atoms with van der Waals surface area (Å²) >= 11 is 0. The Bertz CT molecular complexity index is 558. The van der Waals surface area contributed by atoms with Crippen molar-refractivity contribution in [2.45, 2.75) is 38.1 Å². The average Bonchev–Trinajstić information content (AvgIpc) is 2.88. The van der Waals surface area contributed by atoms with E-state index in [2.05, 4.69) is 6.07 Å². The lowest BCUT2D eigenvalue weighted by Crippen LogP contribution is -2.48. The van der Waals surface area contributed by atoms with Crippen LogP contribution in [-0.4, -0.2) is 41.1 Å². The second-order valence-corrected chi connectivity index (χ2v) is 5.71. The van der Waals surface area contributed by atoms with Gasteiger partial charge in [0.25, 0.3) is 0 Å². The largest absolute Gasteiger partial charge is 0.480 e. The zero-order valence-corrected chi connectivity index (χ0v) is 12.0. The molecule has 0 spiro atoms. The number of carboxylic acids is 1. The molecule has 112 valence electrons. The number of carbonyl (C=O) groups is 2. The third kappa shape index (κ3) is 2.60. The molecule has 1 aromatic carbocycles. The van der Waals surface area contributed by atoms with Crippen LogP contribution in [0.4, 0.5) is 10.5 Å². The van der Waals surface area contributed by atoms with E-state index in [1.165, 1.54) is 10.5 Å². The van der Waals surface area contributed by atoms with Gasteiger partial charge in [0.05, 0.1) is 0 Å². The van der Waals surface area contributed by atoms with E-state index in [1.54, 1.807) is 4.90 Å². The molecule has 5 nitrogen and oxygen atoms in total. The van der Waals surface area contributed by atoms with E-state index >= 15 is 0 Å². The number of rotatable bonds is 1. The molecule has 1 aromatic rings. The highest BCUT2D eigenvalue weighted by molar-refractivity contribution is 5.95. The van der Waals surface area contributed by atoms with Crippen molar-refractivity contribution in [1.82, 2.24) is 4.90 Å². The lowest BCUT2D eigenvalue weighted by atomic mass is 10.1. The minimum atomic E-state index is -0.899. The number of hydrogen-bond donors (Lipinski definition) is 1. The second kappa shape index (κ2) is 5.76. The SMILES string of the molecule is O=C(O)C1CCCN1C(=O)N1CCCCc2ccccc21. The van der Waals surface area contributed by atoms with Crippen molar-refractivity contribution in [3.05, 3.63) is 29.8 Å². The number of carbonyl (C=O) groups excluding carboxylic acids is 1. The third-order valence-corrected chi connectivity index (χ3v) is 4.37. The van der Waals surface area contributed by atoms with E-state index < -0.39 is 12.0 Å². The molecule has 1 atom stereocenters.